The number of amides is 1. The Bertz CT molecular complexity index is 941. The molecule has 2 aromatic heterocycles. The minimum Gasteiger partial charge on any atom is -0.355 e. The maximum atomic E-state index is 12.7. The minimum atomic E-state index is -0.192. The molecule has 1 saturated heterocycles. The monoisotopic (exact) mass is 423 g/mol. The van der Waals surface area contributed by atoms with Gasteiger partial charge in [0.2, 0.25) is 0 Å². The quantitative estimate of drug-likeness (QED) is 0.546. The average Bonchev–Trinajstić information content (AvgIpc) is 3.47. The highest BCUT2D eigenvalue weighted by Gasteiger charge is 2.24. The molecule has 1 amide bonds. The summed E-state index contributed by atoms with van der Waals surface area (Å²) in [6.45, 7) is 7.11. The molecular formula is C24H29N3O2S. The zero-order valence-corrected chi connectivity index (χ0v) is 18.5. The summed E-state index contributed by atoms with van der Waals surface area (Å²) < 4.78 is 5.36. The summed E-state index contributed by atoms with van der Waals surface area (Å²) >= 11 is 1.57. The van der Waals surface area contributed by atoms with E-state index in [1.807, 2.05) is 17.5 Å². The third kappa shape index (κ3) is 4.82. The number of hydrogen-bond donors (Lipinski definition) is 1. The zero-order chi connectivity index (χ0) is 20.9. The van der Waals surface area contributed by atoms with Crippen molar-refractivity contribution in [1.82, 2.24) is 15.4 Å². The van der Waals surface area contributed by atoms with Crippen molar-refractivity contribution in [2.24, 2.45) is 0 Å². The molecular weight excluding hydrogens is 394 g/mol. The molecule has 0 bridgehead atoms. The maximum absolute atomic E-state index is 12.7. The van der Waals surface area contributed by atoms with Crippen LogP contribution in [0.4, 0.5) is 0 Å². The second-order valence-electron chi connectivity index (χ2n) is 8.20. The number of hydrogen-bond acceptors (Lipinski definition) is 5. The van der Waals surface area contributed by atoms with Gasteiger partial charge in [-0.15, -0.1) is 11.3 Å². The lowest BCUT2D eigenvalue weighted by Crippen LogP contribution is -2.40. The number of rotatable bonds is 7. The standard InChI is InChI=1S/C24H29N3O2S/c1-17(2)18-8-10-19(11-9-18)21(27-12-4-3-5-13-27)16-25-24(28)20-15-22(29-26-20)23-7-6-14-30-23/h6-11,14-15,17,21H,3-5,12-13,16H2,1-2H3,(H,25,28). The van der Waals surface area contributed by atoms with Gasteiger partial charge in [-0.05, 0) is 54.4 Å². The first kappa shape index (κ1) is 20.8. The summed E-state index contributed by atoms with van der Waals surface area (Å²) in [4.78, 5) is 16.2. The van der Waals surface area contributed by atoms with Gasteiger partial charge < -0.3 is 9.84 Å². The van der Waals surface area contributed by atoms with Crippen molar-refractivity contribution < 1.29 is 9.32 Å². The van der Waals surface area contributed by atoms with E-state index in [4.69, 9.17) is 4.52 Å². The molecule has 1 aromatic carbocycles. The fourth-order valence-corrected chi connectivity index (χ4v) is 4.66. The van der Waals surface area contributed by atoms with Crippen molar-refractivity contribution in [3.63, 3.8) is 0 Å². The van der Waals surface area contributed by atoms with Crippen LogP contribution < -0.4 is 5.32 Å². The van der Waals surface area contributed by atoms with Crippen LogP contribution in [0.2, 0.25) is 0 Å². The number of thiophene rings is 1. The van der Waals surface area contributed by atoms with E-state index in [0.29, 0.717) is 23.9 Å². The number of carbonyl (C=O) groups is 1. The molecule has 1 atom stereocenters. The van der Waals surface area contributed by atoms with Crippen molar-refractivity contribution in [3.05, 3.63) is 64.7 Å². The zero-order valence-electron chi connectivity index (χ0n) is 17.6. The summed E-state index contributed by atoms with van der Waals surface area (Å²) in [7, 11) is 0. The molecule has 158 valence electrons. The molecule has 1 unspecified atom stereocenters. The number of carbonyl (C=O) groups excluding carboxylic acids is 1. The van der Waals surface area contributed by atoms with Crippen LogP contribution in [0.5, 0.6) is 0 Å². The Balaban J connectivity index is 1.46. The second kappa shape index (κ2) is 9.58. The van der Waals surface area contributed by atoms with Crippen LogP contribution in [-0.2, 0) is 0 Å². The fourth-order valence-electron chi connectivity index (χ4n) is 3.99. The molecule has 4 rings (SSSR count). The third-order valence-electron chi connectivity index (χ3n) is 5.78. The summed E-state index contributed by atoms with van der Waals surface area (Å²) in [5, 5.41) is 9.04. The first-order valence-corrected chi connectivity index (χ1v) is 11.6. The van der Waals surface area contributed by atoms with Gasteiger partial charge in [0.1, 0.15) is 0 Å². The van der Waals surface area contributed by atoms with Gasteiger partial charge in [-0.25, -0.2) is 0 Å². The van der Waals surface area contributed by atoms with Crippen LogP contribution in [0.25, 0.3) is 10.6 Å². The van der Waals surface area contributed by atoms with Gasteiger partial charge in [0.05, 0.1) is 10.9 Å². The molecule has 3 heterocycles. The van der Waals surface area contributed by atoms with E-state index in [9.17, 15) is 4.79 Å². The van der Waals surface area contributed by atoms with Crippen molar-refractivity contribution >= 4 is 17.2 Å². The SMILES string of the molecule is CC(C)c1ccc(C(CNC(=O)c2cc(-c3cccs3)on2)N2CCCCC2)cc1. The number of piperidine rings is 1. The highest BCUT2D eigenvalue weighted by atomic mass is 32.1. The van der Waals surface area contributed by atoms with E-state index in [1.165, 1.54) is 30.4 Å². The van der Waals surface area contributed by atoms with Crippen LogP contribution in [0.15, 0.2) is 52.4 Å². The number of likely N-dealkylation sites (tertiary alicyclic amines) is 1. The molecule has 1 aliphatic rings. The first-order valence-electron chi connectivity index (χ1n) is 10.7. The predicted octanol–water partition coefficient (Wildman–Crippen LogP) is 5.48. The molecule has 0 radical (unpaired) electrons. The lowest BCUT2D eigenvalue weighted by atomic mass is 9.97. The van der Waals surface area contributed by atoms with E-state index < -0.39 is 0 Å². The molecule has 1 aliphatic heterocycles. The van der Waals surface area contributed by atoms with E-state index in [0.717, 1.165) is 18.0 Å². The Labute approximate surface area is 182 Å². The Morgan fingerprint density at radius 2 is 1.87 bits per heavy atom. The normalized spacial score (nSPS) is 16.0. The Hall–Kier alpha value is -2.44. The van der Waals surface area contributed by atoms with Crippen molar-refractivity contribution in [1.29, 1.82) is 0 Å². The summed E-state index contributed by atoms with van der Waals surface area (Å²) in [5.74, 6) is 0.950. The molecule has 6 heteroatoms. The molecule has 0 saturated carbocycles. The second-order valence-corrected chi connectivity index (χ2v) is 9.15. The molecule has 1 fully saturated rings. The lowest BCUT2D eigenvalue weighted by molar-refractivity contribution is 0.0915. The fraction of sp³-hybridized carbons (Fsp3) is 0.417. The number of aromatic nitrogens is 1. The molecule has 1 N–H and O–H groups in total. The Kier molecular flexibility index (Phi) is 6.65. The van der Waals surface area contributed by atoms with Crippen LogP contribution in [0.1, 0.15) is 66.7 Å². The van der Waals surface area contributed by atoms with E-state index in [1.54, 1.807) is 17.4 Å². The predicted molar refractivity (Wildman–Crippen MR) is 121 cm³/mol. The first-order chi connectivity index (χ1) is 14.6. The Morgan fingerprint density at radius 1 is 1.13 bits per heavy atom. The third-order valence-corrected chi connectivity index (χ3v) is 6.67. The molecule has 3 aromatic rings. The largest absolute Gasteiger partial charge is 0.355 e. The van der Waals surface area contributed by atoms with E-state index >= 15 is 0 Å². The van der Waals surface area contributed by atoms with Crippen molar-refractivity contribution in [2.75, 3.05) is 19.6 Å². The molecule has 5 nitrogen and oxygen atoms in total. The van der Waals surface area contributed by atoms with Gasteiger partial charge in [0.15, 0.2) is 11.5 Å². The minimum absolute atomic E-state index is 0.166. The summed E-state index contributed by atoms with van der Waals surface area (Å²) in [5.41, 5.74) is 2.91. The van der Waals surface area contributed by atoms with Crippen molar-refractivity contribution in [3.8, 4) is 10.6 Å². The highest BCUT2D eigenvalue weighted by molar-refractivity contribution is 7.13. The number of nitrogens with one attached hydrogen (secondary N) is 1. The molecule has 30 heavy (non-hydrogen) atoms. The van der Waals surface area contributed by atoms with E-state index in [-0.39, 0.29) is 11.9 Å². The van der Waals surface area contributed by atoms with Crippen LogP contribution in [-0.4, -0.2) is 35.6 Å². The van der Waals surface area contributed by atoms with Gasteiger partial charge in [0.25, 0.3) is 5.91 Å². The summed E-state index contributed by atoms with van der Waals surface area (Å²) in [6.07, 6.45) is 3.70. The van der Waals surface area contributed by atoms with Crippen LogP contribution >= 0.6 is 11.3 Å². The molecule has 0 spiro atoms. The summed E-state index contributed by atoms with van der Waals surface area (Å²) in [6, 6.07) is 14.6. The van der Waals surface area contributed by atoms with Gasteiger partial charge in [0, 0.05) is 12.6 Å². The van der Waals surface area contributed by atoms with Crippen LogP contribution in [0, 0.1) is 0 Å². The van der Waals surface area contributed by atoms with Gasteiger partial charge in [-0.2, -0.15) is 0 Å². The van der Waals surface area contributed by atoms with E-state index in [2.05, 4.69) is 53.5 Å². The highest BCUT2D eigenvalue weighted by Crippen LogP contribution is 2.27. The maximum Gasteiger partial charge on any atom is 0.273 e. The van der Waals surface area contributed by atoms with Gasteiger partial charge in [-0.1, -0.05) is 55.8 Å². The Morgan fingerprint density at radius 3 is 2.53 bits per heavy atom. The van der Waals surface area contributed by atoms with Crippen LogP contribution in [0.3, 0.4) is 0 Å². The topological polar surface area (TPSA) is 58.4 Å². The number of benzene rings is 1. The van der Waals surface area contributed by atoms with Crippen molar-refractivity contribution in [2.45, 2.75) is 45.1 Å². The number of nitrogens with zero attached hydrogens (tertiary/aromatic N) is 2. The average molecular weight is 424 g/mol. The molecule has 0 aliphatic carbocycles. The van der Waals surface area contributed by atoms with Gasteiger partial charge >= 0.3 is 0 Å². The lowest BCUT2D eigenvalue weighted by Gasteiger charge is -2.35. The van der Waals surface area contributed by atoms with Gasteiger partial charge in [-0.3, -0.25) is 9.69 Å². The smallest absolute Gasteiger partial charge is 0.273 e.